The number of carbonyl (C=O) groups is 1. The molecule has 1 aliphatic rings. The average Bonchev–Trinajstić information content (AvgIpc) is 2.49. The van der Waals surface area contributed by atoms with Gasteiger partial charge in [-0.3, -0.25) is 4.79 Å². The van der Waals surface area contributed by atoms with Crippen molar-refractivity contribution in [2.75, 3.05) is 31.7 Å². The molecule has 1 heterocycles. The zero-order chi connectivity index (χ0) is 12.0. The third-order valence-electron chi connectivity index (χ3n) is 2.71. The van der Waals surface area contributed by atoms with Gasteiger partial charge in [0.2, 0.25) is 5.91 Å². The summed E-state index contributed by atoms with van der Waals surface area (Å²) in [7, 11) is 0. The second kappa shape index (κ2) is 7.14. The highest BCUT2D eigenvalue weighted by atomic mass is 32.2. The van der Waals surface area contributed by atoms with Gasteiger partial charge in [0.1, 0.15) is 0 Å². The molecule has 1 rings (SSSR count). The van der Waals surface area contributed by atoms with E-state index in [9.17, 15) is 4.79 Å². The van der Waals surface area contributed by atoms with Gasteiger partial charge in [-0.2, -0.15) is 11.8 Å². The van der Waals surface area contributed by atoms with Gasteiger partial charge in [-0.05, 0) is 31.8 Å². The molecule has 0 spiro atoms. The number of ether oxygens (including phenoxy) is 1. The van der Waals surface area contributed by atoms with Crippen molar-refractivity contribution in [3.63, 3.8) is 0 Å². The fraction of sp³-hybridized carbons (Fsp3) is 0.909. The molecular weight excluding hydrogens is 224 g/mol. The summed E-state index contributed by atoms with van der Waals surface area (Å²) in [6.07, 6.45) is 3.81. The summed E-state index contributed by atoms with van der Waals surface area (Å²) in [6.45, 7) is 4.19. The first kappa shape index (κ1) is 13.8. The lowest BCUT2D eigenvalue weighted by Crippen LogP contribution is -2.46. The van der Waals surface area contributed by atoms with E-state index >= 15 is 0 Å². The summed E-state index contributed by atoms with van der Waals surface area (Å²) in [5.41, 5.74) is 5.89. The summed E-state index contributed by atoms with van der Waals surface area (Å²) in [4.78, 5) is 13.9. The molecule has 1 unspecified atom stereocenters. The summed E-state index contributed by atoms with van der Waals surface area (Å²) in [6, 6.07) is -0.349. The van der Waals surface area contributed by atoms with Crippen molar-refractivity contribution in [2.24, 2.45) is 5.73 Å². The van der Waals surface area contributed by atoms with Gasteiger partial charge in [0.15, 0.2) is 0 Å². The molecule has 0 aliphatic carbocycles. The fourth-order valence-electron chi connectivity index (χ4n) is 1.80. The van der Waals surface area contributed by atoms with E-state index in [0.29, 0.717) is 6.54 Å². The predicted molar refractivity (Wildman–Crippen MR) is 67.6 cm³/mol. The van der Waals surface area contributed by atoms with Gasteiger partial charge in [0.25, 0.3) is 0 Å². The molecule has 16 heavy (non-hydrogen) atoms. The van der Waals surface area contributed by atoms with E-state index in [0.717, 1.165) is 31.7 Å². The lowest BCUT2D eigenvalue weighted by Gasteiger charge is -2.25. The molecule has 0 aromatic carbocycles. The zero-order valence-corrected chi connectivity index (χ0v) is 11.0. The van der Waals surface area contributed by atoms with E-state index < -0.39 is 0 Å². The lowest BCUT2D eigenvalue weighted by molar-refractivity contribution is -0.133. The first-order chi connectivity index (χ1) is 7.65. The van der Waals surface area contributed by atoms with Crippen LogP contribution in [0.2, 0.25) is 0 Å². The van der Waals surface area contributed by atoms with E-state index in [1.54, 1.807) is 11.8 Å². The van der Waals surface area contributed by atoms with Crippen molar-refractivity contribution in [1.82, 2.24) is 4.90 Å². The number of carbonyl (C=O) groups excluding carboxylic acids is 1. The minimum atomic E-state index is -0.349. The molecule has 94 valence electrons. The zero-order valence-electron chi connectivity index (χ0n) is 10.1. The van der Waals surface area contributed by atoms with Crippen LogP contribution in [0, 0.1) is 0 Å². The third kappa shape index (κ3) is 4.31. The number of hydrogen-bond acceptors (Lipinski definition) is 4. The Morgan fingerprint density at radius 1 is 1.69 bits per heavy atom. The molecule has 2 atom stereocenters. The molecule has 2 N–H and O–H groups in total. The van der Waals surface area contributed by atoms with Gasteiger partial charge >= 0.3 is 0 Å². The van der Waals surface area contributed by atoms with E-state index in [4.69, 9.17) is 10.5 Å². The van der Waals surface area contributed by atoms with Crippen LogP contribution in [0.1, 0.15) is 19.8 Å². The van der Waals surface area contributed by atoms with Crippen molar-refractivity contribution in [3.8, 4) is 0 Å². The molecule has 4 nitrogen and oxygen atoms in total. The molecule has 0 aromatic rings. The van der Waals surface area contributed by atoms with Gasteiger partial charge < -0.3 is 15.4 Å². The summed E-state index contributed by atoms with van der Waals surface area (Å²) in [5, 5.41) is 0. The number of rotatable bonds is 4. The van der Waals surface area contributed by atoms with Crippen molar-refractivity contribution < 1.29 is 9.53 Å². The normalized spacial score (nSPS) is 23.9. The van der Waals surface area contributed by atoms with E-state index in [1.165, 1.54) is 0 Å². The number of hydrogen-bond donors (Lipinski definition) is 1. The molecule has 5 heteroatoms. The van der Waals surface area contributed by atoms with Crippen LogP contribution < -0.4 is 5.73 Å². The van der Waals surface area contributed by atoms with Crippen LogP contribution >= 0.6 is 11.8 Å². The minimum Gasteiger partial charge on any atom is -0.377 e. The maximum Gasteiger partial charge on any atom is 0.239 e. The molecular formula is C11H22N2O2S. The van der Waals surface area contributed by atoms with Crippen molar-refractivity contribution >= 4 is 17.7 Å². The van der Waals surface area contributed by atoms with Crippen LogP contribution in [0.15, 0.2) is 0 Å². The topological polar surface area (TPSA) is 55.6 Å². The van der Waals surface area contributed by atoms with Gasteiger partial charge in [-0.1, -0.05) is 0 Å². The Bertz CT molecular complexity index is 226. The van der Waals surface area contributed by atoms with E-state index in [1.807, 2.05) is 18.1 Å². The molecule has 1 saturated heterocycles. The highest BCUT2D eigenvalue weighted by molar-refractivity contribution is 7.98. The number of nitrogens with two attached hydrogens (primary N) is 1. The molecule has 0 aromatic heterocycles. The van der Waals surface area contributed by atoms with Crippen LogP contribution in [0.5, 0.6) is 0 Å². The summed E-state index contributed by atoms with van der Waals surface area (Å²) < 4.78 is 5.51. The molecule has 0 bridgehead atoms. The van der Waals surface area contributed by atoms with Crippen molar-refractivity contribution in [3.05, 3.63) is 0 Å². The van der Waals surface area contributed by atoms with Crippen LogP contribution in [0.4, 0.5) is 0 Å². The Hall–Kier alpha value is -0.260. The Balaban J connectivity index is 2.44. The van der Waals surface area contributed by atoms with Gasteiger partial charge in [0.05, 0.1) is 12.1 Å². The smallest absolute Gasteiger partial charge is 0.239 e. The molecule has 1 fully saturated rings. The second-order valence-electron chi connectivity index (χ2n) is 4.21. The number of amides is 1. The average molecular weight is 246 g/mol. The van der Waals surface area contributed by atoms with E-state index in [-0.39, 0.29) is 18.1 Å². The van der Waals surface area contributed by atoms with Crippen molar-refractivity contribution in [2.45, 2.75) is 31.9 Å². The Morgan fingerprint density at radius 2 is 2.44 bits per heavy atom. The SMILES string of the molecule is CSCC[C@H](N)C(=O)N1CCCOC(C)C1. The van der Waals surface area contributed by atoms with Crippen LogP contribution in [0.25, 0.3) is 0 Å². The Kier molecular flexibility index (Phi) is 6.16. The van der Waals surface area contributed by atoms with Gasteiger partial charge in [-0.15, -0.1) is 0 Å². The van der Waals surface area contributed by atoms with Crippen LogP contribution in [-0.4, -0.2) is 54.7 Å². The van der Waals surface area contributed by atoms with E-state index in [2.05, 4.69) is 0 Å². The van der Waals surface area contributed by atoms with Crippen molar-refractivity contribution in [1.29, 1.82) is 0 Å². The summed E-state index contributed by atoms with van der Waals surface area (Å²) in [5.74, 6) is 1.01. The third-order valence-corrected chi connectivity index (χ3v) is 3.36. The maximum atomic E-state index is 12.0. The highest BCUT2D eigenvalue weighted by Crippen LogP contribution is 2.08. The first-order valence-electron chi connectivity index (χ1n) is 5.80. The molecule has 1 aliphatic heterocycles. The lowest BCUT2D eigenvalue weighted by atomic mass is 10.2. The molecule has 0 radical (unpaired) electrons. The highest BCUT2D eigenvalue weighted by Gasteiger charge is 2.23. The van der Waals surface area contributed by atoms with Gasteiger partial charge in [0, 0.05) is 19.7 Å². The quantitative estimate of drug-likeness (QED) is 0.793. The summed E-state index contributed by atoms with van der Waals surface area (Å²) >= 11 is 1.72. The first-order valence-corrected chi connectivity index (χ1v) is 7.19. The minimum absolute atomic E-state index is 0.0754. The standard InChI is InChI=1S/C11H22N2O2S/c1-9-8-13(5-3-6-15-9)11(14)10(12)4-7-16-2/h9-10H,3-8,12H2,1-2H3/t9?,10-/m0/s1. The number of nitrogens with zero attached hydrogens (tertiary/aromatic N) is 1. The Labute approximate surface area is 102 Å². The predicted octanol–water partition coefficient (Wildman–Crippen LogP) is 0.704. The fourth-order valence-corrected chi connectivity index (χ4v) is 2.29. The Morgan fingerprint density at radius 3 is 3.12 bits per heavy atom. The monoisotopic (exact) mass is 246 g/mol. The second-order valence-corrected chi connectivity index (χ2v) is 5.19. The molecule has 1 amide bonds. The largest absolute Gasteiger partial charge is 0.377 e. The maximum absolute atomic E-state index is 12.0. The molecule has 0 saturated carbocycles. The van der Waals surface area contributed by atoms with Crippen LogP contribution in [0.3, 0.4) is 0 Å². The van der Waals surface area contributed by atoms with Crippen LogP contribution in [-0.2, 0) is 9.53 Å². The number of thioether (sulfide) groups is 1. The van der Waals surface area contributed by atoms with Gasteiger partial charge in [-0.25, -0.2) is 0 Å².